The van der Waals surface area contributed by atoms with E-state index in [2.05, 4.69) is 11.1 Å². The summed E-state index contributed by atoms with van der Waals surface area (Å²) in [4.78, 5) is 9.26. The second-order valence-corrected chi connectivity index (χ2v) is 5.54. The number of aromatic nitrogens is 2. The van der Waals surface area contributed by atoms with Crippen molar-refractivity contribution >= 4 is 5.82 Å². The number of ether oxygens (including phenoxy) is 1. The van der Waals surface area contributed by atoms with E-state index >= 15 is 0 Å². The Morgan fingerprint density at radius 3 is 2.86 bits per heavy atom. The van der Waals surface area contributed by atoms with Crippen LogP contribution < -0.4 is 10.5 Å². The smallest absolute Gasteiger partial charge is 0.135 e. The number of fused-ring (bicyclic) bond motifs is 1. The van der Waals surface area contributed by atoms with E-state index in [1.54, 1.807) is 7.11 Å². The van der Waals surface area contributed by atoms with Crippen LogP contribution in [0.5, 0.6) is 5.75 Å². The minimum atomic E-state index is 0.666. The monoisotopic (exact) mass is 283 g/mol. The van der Waals surface area contributed by atoms with Crippen LogP contribution >= 0.6 is 0 Å². The van der Waals surface area contributed by atoms with Crippen molar-refractivity contribution in [3.05, 3.63) is 46.9 Å². The molecule has 4 nitrogen and oxygen atoms in total. The number of nitrogens with zero attached hydrogens (tertiary/aromatic N) is 2. The molecule has 0 unspecified atom stereocenters. The van der Waals surface area contributed by atoms with E-state index < -0.39 is 0 Å². The van der Waals surface area contributed by atoms with Gasteiger partial charge in [-0.2, -0.15) is 0 Å². The first-order valence-corrected chi connectivity index (χ1v) is 7.53. The predicted molar refractivity (Wildman–Crippen MR) is 83.5 cm³/mol. The van der Waals surface area contributed by atoms with E-state index in [0.717, 1.165) is 35.7 Å². The van der Waals surface area contributed by atoms with E-state index in [9.17, 15) is 0 Å². The number of aryl methyl sites for hydroxylation is 1. The molecule has 2 N–H and O–H groups in total. The lowest BCUT2D eigenvalue weighted by molar-refractivity contribution is 0.414. The van der Waals surface area contributed by atoms with Crippen LogP contribution in [-0.2, 0) is 19.3 Å². The third-order valence-electron chi connectivity index (χ3n) is 4.01. The molecule has 0 spiro atoms. The Hall–Kier alpha value is -2.10. The number of hydrogen-bond donors (Lipinski definition) is 1. The molecule has 110 valence electrons. The number of nitrogen functional groups attached to an aromatic ring is 1. The Morgan fingerprint density at radius 2 is 2.00 bits per heavy atom. The maximum Gasteiger partial charge on any atom is 0.135 e. The van der Waals surface area contributed by atoms with E-state index in [1.807, 2.05) is 18.2 Å². The molecule has 0 saturated carbocycles. The lowest BCUT2D eigenvalue weighted by Gasteiger charge is -2.11. The molecule has 0 fully saturated rings. The number of benzene rings is 1. The molecule has 0 bridgehead atoms. The third-order valence-corrected chi connectivity index (χ3v) is 4.01. The summed E-state index contributed by atoms with van der Waals surface area (Å²) in [5.74, 6) is 2.33. The molecule has 0 saturated heterocycles. The molecular formula is C17H21N3O. The highest BCUT2D eigenvalue weighted by Crippen LogP contribution is 2.24. The maximum absolute atomic E-state index is 6.15. The third kappa shape index (κ3) is 3.15. The van der Waals surface area contributed by atoms with Crippen molar-refractivity contribution in [3.63, 3.8) is 0 Å². The standard InChI is InChI=1S/C17H21N3O/c1-21-13-7-5-6-12(10-13)11-16-19-15-9-4-2-3-8-14(15)17(18)20-16/h5-7,10H,2-4,8-9,11H2,1H3,(H2,18,19,20). The minimum Gasteiger partial charge on any atom is -0.497 e. The molecule has 1 aliphatic carbocycles. The van der Waals surface area contributed by atoms with Crippen molar-refractivity contribution in [1.29, 1.82) is 0 Å². The number of methoxy groups -OCH3 is 1. The summed E-state index contributed by atoms with van der Waals surface area (Å²) in [7, 11) is 1.68. The van der Waals surface area contributed by atoms with Gasteiger partial charge in [-0.25, -0.2) is 9.97 Å². The number of nitrogens with two attached hydrogens (primary N) is 1. The first-order chi connectivity index (χ1) is 10.3. The van der Waals surface area contributed by atoms with Gasteiger partial charge in [0.1, 0.15) is 17.4 Å². The second kappa shape index (κ2) is 6.12. The molecule has 1 aromatic heterocycles. The summed E-state index contributed by atoms with van der Waals surface area (Å²) in [5.41, 5.74) is 9.61. The first-order valence-electron chi connectivity index (χ1n) is 7.53. The molecule has 1 aromatic carbocycles. The highest BCUT2D eigenvalue weighted by Gasteiger charge is 2.15. The molecule has 4 heteroatoms. The summed E-state index contributed by atoms with van der Waals surface area (Å²) < 4.78 is 5.26. The van der Waals surface area contributed by atoms with Crippen molar-refractivity contribution in [2.45, 2.75) is 38.5 Å². The van der Waals surface area contributed by atoms with Gasteiger partial charge >= 0.3 is 0 Å². The van der Waals surface area contributed by atoms with Gasteiger partial charge in [-0.1, -0.05) is 18.6 Å². The normalized spacial score (nSPS) is 14.3. The average Bonchev–Trinajstić information content (AvgIpc) is 2.73. The van der Waals surface area contributed by atoms with Crippen molar-refractivity contribution in [2.24, 2.45) is 0 Å². The van der Waals surface area contributed by atoms with Gasteiger partial charge in [0, 0.05) is 17.7 Å². The molecule has 1 heterocycles. The first kappa shape index (κ1) is 13.9. The number of rotatable bonds is 3. The summed E-state index contributed by atoms with van der Waals surface area (Å²) in [6, 6.07) is 8.01. The fourth-order valence-electron chi connectivity index (χ4n) is 2.90. The van der Waals surface area contributed by atoms with Gasteiger partial charge in [0.15, 0.2) is 0 Å². The summed E-state index contributed by atoms with van der Waals surface area (Å²) in [6.45, 7) is 0. The molecule has 2 aromatic rings. The van der Waals surface area contributed by atoms with Crippen LogP contribution in [0.2, 0.25) is 0 Å². The van der Waals surface area contributed by atoms with E-state index in [-0.39, 0.29) is 0 Å². The Balaban J connectivity index is 1.88. The highest BCUT2D eigenvalue weighted by atomic mass is 16.5. The van der Waals surface area contributed by atoms with E-state index in [0.29, 0.717) is 12.2 Å². The van der Waals surface area contributed by atoms with Gasteiger partial charge in [0.2, 0.25) is 0 Å². The summed E-state index contributed by atoms with van der Waals surface area (Å²) in [6.07, 6.45) is 6.36. The average molecular weight is 283 g/mol. The van der Waals surface area contributed by atoms with Gasteiger partial charge in [-0.15, -0.1) is 0 Å². The number of hydrogen-bond acceptors (Lipinski definition) is 4. The van der Waals surface area contributed by atoms with Gasteiger partial charge in [-0.3, -0.25) is 0 Å². The Kier molecular flexibility index (Phi) is 4.04. The number of anilines is 1. The summed E-state index contributed by atoms with van der Waals surface area (Å²) in [5, 5.41) is 0. The van der Waals surface area contributed by atoms with Gasteiger partial charge in [0.05, 0.1) is 7.11 Å². The van der Waals surface area contributed by atoms with Crippen molar-refractivity contribution in [3.8, 4) is 5.75 Å². The van der Waals surface area contributed by atoms with Crippen LogP contribution in [0.15, 0.2) is 24.3 Å². The van der Waals surface area contributed by atoms with Crippen molar-refractivity contribution in [2.75, 3.05) is 12.8 Å². The lowest BCUT2D eigenvalue weighted by atomic mass is 10.1. The molecule has 0 atom stereocenters. The van der Waals surface area contributed by atoms with Crippen LogP contribution in [0.4, 0.5) is 5.82 Å². The molecule has 0 amide bonds. The van der Waals surface area contributed by atoms with Crippen LogP contribution in [0.25, 0.3) is 0 Å². The van der Waals surface area contributed by atoms with Crippen LogP contribution in [0.3, 0.4) is 0 Å². The van der Waals surface area contributed by atoms with Gasteiger partial charge < -0.3 is 10.5 Å². The lowest BCUT2D eigenvalue weighted by Crippen LogP contribution is -2.09. The molecule has 0 aliphatic heterocycles. The second-order valence-electron chi connectivity index (χ2n) is 5.54. The molecule has 3 rings (SSSR count). The fraction of sp³-hybridized carbons (Fsp3) is 0.412. The van der Waals surface area contributed by atoms with Gasteiger partial charge in [-0.05, 0) is 43.4 Å². The van der Waals surface area contributed by atoms with Crippen LogP contribution in [-0.4, -0.2) is 17.1 Å². The zero-order valence-corrected chi connectivity index (χ0v) is 12.4. The largest absolute Gasteiger partial charge is 0.497 e. The van der Waals surface area contributed by atoms with E-state index in [4.69, 9.17) is 15.5 Å². The maximum atomic E-state index is 6.15. The van der Waals surface area contributed by atoms with Crippen molar-refractivity contribution < 1.29 is 4.74 Å². The van der Waals surface area contributed by atoms with E-state index in [1.165, 1.54) is 24.8 Å². The Labute approximate surface area is 125 Å². The van der Waals surface area contributed by atoms with Crippen LogP contribution in [0, 0.1) is 0 Å². The van der Waals surface area contributed by atoms with Crippen LogP contribution in [0.1, 0.15) is 41.9 Å². The zero-order valence-electron chi connectivity index (χ0n) is 12.4. The highest BCUT2D eigenvalue weighted by molar-refractivity contribution is 5.43. The van der Waals surface area contributed by atoms with Gasteiger partial charge in [0.25, 0.3) is 0 Å². The SMILES string of the molecule is COc1cccc(Cc2nc(N)c3c(n2)CCCCC3)c1. The minimum absolute atomic E-state index is 0.666. The molecule has 21 heavy (non-hydrogen) atoms. The quantitative estimate of drug-likeness (QED) is 0.880. The topological polar surface area (TPSA) is 61.0 Å². The summed E-state index contributed by atoms with van der Waals surface area (Å²) >= 11 is 0. The van der Waals surface area contributed by atoms with Crippen molar-refractivity contribution in [1.82, 2.24) is 9.97 Å². The molecule has 1 aliphatic rings. The molecule has 0 radical (unpaired) electrons. The Morgan fingerprint density at radius 1 is 1.14 bits per heavy atom. The fourth-order valence-corrected chi connectivity index (χ4v) is 2.90. The predicted octanol–water partition coefficient (Wildman–Crippen LogP) is 2.93. The Bertz CT molecular complexity index is 640. The zero-order chi connectivity index (χ0) is 14.7. The molecular weight excluding hydrogens is 262 g/mol.